The molecular formula is C10H18NO7PS. The van der Waals surface area contributed by atoms with Crippen LogP contribution in [0.5, 0.6) is 0 Å². The molecule has 0 bridgehead atoms. The van der Waals surface area contributed by atoms with Gasteiger partial charge in [0.05, 0.1) is 17.8 Å². The van der Waals surface area contributed by atoms with Crippen LogP contribution in [0.2, 0.25) is 0 Å². The zero-order chi connectivity index (χ0) is 14.9. The maximum Gasteiger partial charge on any atom is 0.328 e. The molecule has 0 aromatic rings. The van der Waals surface area contributed by atoms with E-state index in [4.69, 9.17) is 9.84 Å². The van der Waals surface area contributed by atoms with Crippen molar-refractivity contribution in [1.82, 2.24) is 0 Å². The van der Waals surface area contributed by atoms with Gasteiger partial charge in [-0.05, 0) is 0 Å². The van der Waals surface area contributed by atoms with E-state index in [0.29, 0.717) is 5.04 Å². The number of aliphatic imine (C=N–C) groups is 1. The fourth-order valence-electron chi connectivity index (χ4n) is 2.08. The Bertz CT molecular complexity index is 434. The third kappa shape index (κ3) is 3.42. The van der Waals surface area contributed by atoms with Gasteiger partial charge in [0.25, 0.3) is 0 Å². The monoisotopic (exact) mass is 327 g/mol. The van der Waals surface area contributed by atoms with Crippen molar-refractivity contribution in [3.8, 4) is 0 Å². The third-order valence-corrected chi connectivity index (χ3v) is 5.85. The minimum absolute atomic E-state index is 0.0726. The molecule has 0 spiro atoms. The number of hydrogen-bond donors (Lipinski definition) is 4. The SMILES string of the molecule is COP(=O)(O)CCC1=NC2C(O[C@H](CO)[C@@H](O)[C@@H]2O)S1. The van der Waals surface area contributed by atoms with Crippen LogP contribution in [-0.2, 0) is 13.8 Å². The van der Waals surface area contributed by atoms with Crippen molar-refractivity contribution < 1.29 is 34.0 Å². The van der Waals surface area contributed by atoms with E-state index in [1.165, 1.54) is 18.9 Å². The second kappa shape index (κ2) is 6.41. The van der Waals surface area contributed by atoms with E-state index < -0.39 is 44.0 Å². The molecule has 2 aliphatic heterocycles. The Morgan fingerprint density at radius 3 is 2.75 bits per heavy atom. The minimum atomic E-state index is -3.60. The maximum atomic E-state index is 11.4. The van der Waals surface area contributed by atoms with Gasteiger partial charge in [-0.1, -0.05) is 11.8 Å². The van der Waals surface area contributed by atoms with Crippen LogP contribution in [0.25, 0.3) is 0 Å². The Labute approximate surface area is 120 Å². The normalized spacial score (nSPS) is 40.0. The van der Waals surface area contributed by atoms with Gasteiger partial charge in [-0.3, -0.25) is 9.56 Å². The predicted molar refractivity (Wildman–Crippen MR) is 72.9 cm³/mol. The molecule has 0 aliphatic carbocycles. The van der Waals surface area contributed by atoms with E-state index in [1.54, 1.807) is 0 Å². The van der Waals surface area contributed by atoms with Crippen molar-refractivity contribution in [3.05, 3.63) is 0 Å². The zero-order valence-corrected chi connectivity index (χ0v) is 12.5. The lowest BCUT2D eigenvalue weighted by Gasteiger charge is -2.37. The molecule has 20 heavy (non-hydrogen) atoms. The number of aliphatic hydroxyl groups excluding tert-OH is 3. The summed E-state index contributed by atoms with van der Waals surface area (Å²) in [5, 5.41) is 29.3. The van der Waals surface area contributed by atoms with Crippen molar-refractivity contribution in [1.29, 1.82) is 0 Å². The first-order valence-electron chi connectivity index (χ1n) is 6.11. The van der Waals surface area contributed by atoms with Crippen LogP contribution in [0.15, 0.2) is 4.99 Å². The summed E-state index contributed by atoms with van der Waals surface area (Å²) in [6.45, 7) is -0.396. The van der Waals surface area contributed by atoms with E-state index >= 15 is 0 Å². The molecule has 116 valence electrons. The summed E-state index contributed by atoms with van der Waals surface area (Å²) >= 11 is 1.23. The molecule has 6 atom stereocenters. The first-order valence-corrected chi connectivity index (χ1v) is 8.75. The van der Waals surface area contributed by atoms with Gasteiger partial charge >= 0.3 is 7.60 Å². The molecule has 2 aliphatic rings. The Balaban J connectivity index is 1.99. The van der Waals surface area contributed by atoms with E-state index in [0.717, 1.165) is 0 Å². The van der Waals surface area contributed by atoms with E-state index in [9.17, 15) is 19.7 Å². The summed E-state index contributed by atoms with van der Waals surface area (Å²) in [6.07, 6.45) is -3.02. The van der Waals surface area contributed by atoms with Gasteiger partial charge in [0.1, 0.15) is 29.8 Å². The molecule has 2 heterocycles. The Morgan fingerprint density at radius 1 is 1.45 bits per heavy atom. The van der Waals surface area contributed by atoms with Crippen LogP contribution < -0.4 is 0 Å². The molecular weight excluding hydrogens is 309 g/mol. The summed E-state index contributed by atoms with van der Waals surface area (Å²) in [7, 11) is -2.43. The molecule has 3 unspecified atom stereocenters. The lowest BCUT2D eigenvalue weighted by molar-refractivity contribution is -0.164. The van der Waals surface area contributed by atoms with Crippen LogP contribution >= 0.6 is 19.4 Å². The zero-order valence-electron chi connectivity index (χ0n) is 10.8. The summed E-state index contributed by atoms with van der Waals surface area (Å²) in [6, 6.07) is -0.631. The molecule has 0 amide bonds. The van der Waals surface area contributed by atoms with Gasteiger partial charge in [0, 0.05) is 13.5 Å². The van der Waals surface area contributed by atoms with Gasteiger partial charge in [-0.15, -0.1) is 0 Å². The molecule has 0 radical (unpaired) electrons. The first-order chi connectivity index (χ1) is 9.38. The second-order valence-electron chi connectivity index (χ2n) is 4.63. The fourth-order valence-corrected chi connectivity index (χ4v) is 4.14. The van der Waals surface area contributed by atoms with E-state index in [2.05, 4.69) is 9.52 Å². The van der Waals surface area contributed by atoms with Crippen LogP contribution in [-0.4, -0.2) is 74.9 Å². The number of aliphatic hydroxyl groups is 3. The number of ether oxygens (including phenoxy) is 1. The van der Waals surface area contributed by atoms with Crippen molar-refractivity contribution in [3.63, 3.8) is 0 Å². The molecule has 4 N–H and O–H groups in total. The van der Waals surface area contributed by atoms with Crippen LogP contribution in [0, 0.1) is 0 Å². The minimum Gasteiger partial charge on any atom is -0.394 e. The largest absolute Gasteiger partial charge is 0.394 e. The fraction of sp³-hybridized carbons (Fsp3) is 0.900. The number of thioether (sulfide) groups is 1. The van der Waals surface area contributed by atoms with Crippen molar-refractivity contribution in [2.45, 2.75) is 36.2 Å². The van der Waals surface area contributed by atoms with Crippen LogP contribution in [0.4, 0.5) is 0 Å². The van der Waals surface area contributed by atoms with Crippen molar-refractivity contribution in [2.24, 2.45) is 4.99 Å². The Morgan fingerprint density at radius 2 is 2.15 bits per heavy atom. The topological polar surface area (TPSA) is 129 Å². The number of rotatable bonds is 5. The summed E-state index contributed by atoms with van der Waals surface area (Å²) < 4.78 is 21.3. The number of hydrogen-bond acceptors (Lipinski definition) is 8. The second-order valence-corrected chi connectivity index (χ2v) is 7.89. The lowest BCUT2D eigenvalue weighted by Crippen LogP contribution is -2.55. The average molecular weight is 327 g/mol. The van der Waals surface area contributed by atoms with E-state index in [1.807, 2.05) is 0 Å². The predicted octanol–water partition coefficient (Wildman–Crippen LogP) is -0.839. The Hall–Kier alpha value is 0.0100. The van der Waals surface area contributed by atoms with Gasteiger partial charge in [-0.2, -0.15) is 0 Å². The number of nitrogens with zero attached hydrogens (tertiary/aromatic N) is 1. The summed E-state index contributed by atoms with van der Waals surface area (Å²) in [4.78, 5) is 13.6. The maximum absolute atomic E-state index is 11.4. The van der Waals surface area contributed by atoms with Crippen molar-refractivity contribution >= 4 is 24.4 Å². The highest BCUT2D eigenvalue weighted by Crippen LogP contribution is 2.44. The van der Waals surface area contributed by atoms with Gasteiger partial charge in [0.15, 0.2) is 0 Å². The molecule has 1 saturated heterocycles. The standard InChI is InChI=1S/C10H18NO7PS/c1-17-19(15,16)3-2-6-11-7-9(14)8(13)5(4-12)18-10(7)20-6/h5,7-10,12-14H,2-4H2,1H3,(H,15,16)/t5-,7?,8-,9-,10?/m1/s1. The smallest absolute Gasteiger partial charge is 0.328 e. The quantitative estimate of drug-likeness (QED) is 0.481. The van der Waals surface area contributed by atoms with Gasteiger partial charge in [0.2, 0.25) is 0 Å². The highest BCUT2D eigenvalue weighted by atomic mass is 32.2. The van der Waals surface area contributed by atoms with E-state index in [-0.39, 0.29) is 12.6 Å². The van der Waals surface area contributed by atoms with Crippen LogP contribution in [0.1, 0.15) is 6.42 Å². The molecule has 2 rings (SSSR count). The summed E-state index contributed by atoms with van der Waals surface area (Å²) in [5.74, 6) is 0. The molecule has 0 aromatic heterocycles. The molecule has 10 heteroatoms. The number of fused-ring (bicyclic) bond motifs is 1. The molecule has 1 fully saturated rings. The molecule has 0 saturated carbocycles. The van der Waals surface area contributed by atoms with Crippen LogP contribution in [0.3, 0.4) is 0 Å². The average Bonchev–Trinajstić information content (AvgIpc) is 2.84. The highest BCUT2D eigenvalue weighted by molar-refractivity contribution is 8.14. The first kappa shape index (κ1) is 16.4. The molecule has 8 nitrogen and oxygen atoms in total. The Kier molecular flexibility index (Phi) is 5.25. The third-order valence-electron chi connectivity index (χ3n) is 3.29. The van der Waals surface area contributed by atoms with Gasteiger partial charge in [-0.25, -0.2) is 0 Å². The molecule has 0 aromatic carbocycles. The van der Waals surface area contributed by atoms with Crippen molar-refractivity contribution in [2.75, 3.05) is 19.9 Å². The lowest BCUT2D eigenvalue weighted by atomic mass is 9.99. The highest BCUT2D eigenvalue weighted by Gasteiger charge is 2.47. The summed E-state index contributed by atoms with van der Waals surface area (Å²) in [5.41, 5.74) is -0.499. The van der Waals surface area contributed by atoms with Gasteiger partial charge < -0.3 is 29.5 Å².